The minimum Gasteiger partial charge on any atom is -0.301 e. The van der Waals surface area contributed by atoms with Gasteiger partial charge in [-0.3, -0.25) is 4.84 Å². The lowest BCUT2D eigenvalue weighted by atomic mass is 10.2. The van der Waals surface area contributed by atoms with Gasteiger partial charge in [-0.1, -0.05) is 13.8 Å². The van der Waals surface area contributed by atoms with E-state index >= 15 is 0 Å². The molecule has 1 aliphatic heterocycles. The monoisotopic (exact) mass is 252 g/mol. The fraction of sp³-hybridized carbons (Fsp3) is 0.538. The van der Waals surface area contributed by atoms with Gasteiger partial charge in [0.05, 0.1) is 16.6 Å². The topological polar surface area (TPSA) is 38.5 Å². The molecule has 17 heavy (non-hydrogen) atoms. The molecule has 0 aliphatic carbocycles. The summed E-state index contributed by atoms with van der Waals surface area (Å²) >= 11 is 1.82. The Bertz CT molecular complexity index is 413. The van der Waals surface area contributed by atoms with Gasteiger partial charge >= 0.3 is 0 Å². The van der Waals surface area contributed by atoms with Crippen LogP contribution in [0.5, 0.6) is 0 Å². The molecule has 0 saturated carbocycles. The average Bonchev–Trinajstić information content (AvgIpc) is 2.93. The van der Waals surface area contributed by atoms with Crippen molar-refractivity contribution >= 4 is 17.0 Å². The third kappa shape index (κ3) is 2.54. The number of thiophene rings is 1. The first-order valence-corrected chi connectivity index (χ1v) is 6.99. The van der Waals surface area contributed by atoms with E-state index in [0.29, 0.717) is 6.04 Å². The number of hydrogen-bond acceptors (Lipinski definition) is 4. The van der Waals surface area contributed by atoms with Crippen LogP contribution in [-0.2, 0) is 11.3 Å². The lowest BCUT2D eigenvalue weighted by Gasteiger charge is -2.26. The molecule has 2 heterocycles. The number of nitrogens with two attached hydrogens (primary N) is 1. The fourth-order valence-electron chi connectivity index (χ4n) is 1.85. The number of hydroxylamine groups is 2. The summed E-state index contributed by atoms with van der Waals surface area (Å²) in [6.45, 7) is 6.48. The molecule has 2 rings (SSSR count). The van der Waals surface area contributed by atoms with Gasteiger partial charge in [-0.05, 0) is 38.0 Å². The highest BCUT2D eigenvalue weighted by atomic mass is 32.1. The summed E-state index contributed by atoms with van der Waals surface area (Å²) in [6.07, 6.45) is 3.80. The molecule has 94 valence electrons. The molecule has 3 nitrogen and oxygen atoms in total. The maximum absolute atomic E-state index is 5.85. The maximum Gasteiger partial charge on any atom is 0.155 e. The third-order valence-electron chi connectivity index (χ3n) is 3.05. The largest absolute Gasteiger partial charge is 0.301 e. The standard InChI is InChI=1S/C13H20N2OS/c1-4-9(3)15-11(8-13(14)16-15)12-7-6-10(5-2)17-12/h6-9,13H,4-5,14H2,1-3H3. The van der Waals surface area contributed by atoms with E-state index in [1.165, 1.54) is 9.75 Å². The van der Waals surface area contributed by atoms with Crippen molar-refractivity contribution in [2.24, 2.45) is 5.73 Å². The van der Waals surface area contributed by atoms with E-state index in [1.54, 1.807) is 0 Å². The molecule has 1 aromatic heterocycles. The zero-order valence-electron chi connectivity index (χ0n) is 10.6. The molecular weight excluding hydrogens is 232 g/mol. The van der Waals surface area contributed by atoms with Gasteiger partial charge in [-0.15, -0.1) is 11.3 Å². The van der Waals surface area contributed by atoms with Crippen LogP contribution >= 0.6 is 11.3 Å². The van der Waals surface area contributed by atoms with Crippen LogP contribution in [0.2, 0.25) is 0 Å². The van der Waals surface area contributed by atoms with Crippen LogP contribution in [-0.4, -0.2) is 17.3 Å². The van der Waals surface area contributed by atoms with Crippen molar-refractivity contribution in [2.75, 3.05) is 0 Å². The fourth-order valence-corrected chi connectivity index (χ4v) is 2.81. The Morgan fingerprint density at radius 3 is 2.82 bits per heavy atom. The lowest BCUT2D eigenvalue weighted by Crippen LogP contribution is -2.31. The average molecular weight is 252 g/mol. The Morgan fingerprint density at radius 2 is 2.24 bits per heavy atom. The minimum absolute atomic E-state index is 0.314. The highest BCUT2D eigenvalue weighted by Crippen LogP contribution is 2.33. The predicted molar refractivity (Wildman–Crippen MR) is 72.3 cm³/mol. The van der Waals surface area contributed by atoms with Gasteiger partial charge in [-0.2, -0.15) is 0 Å². The molecule has 0 radical (unpaired) electrons. The van der Waals surface area contributed by atoms with Crippen molar-refractivity contribution in [2.45, 2.75) is 45.9 Å². The van der Waals surface area contributed by atoms with Crippen LogP contribution in [0.25, 0.3) is 5.70 Å². The summed E-state index contributed by atoms with van der Waals surface area (Å²) in [5.41, 5.74) is 6.97. The molecule has 2 atom stereocenters. The molecule has 4 heteroatoms. The van der Waals surface area contributed by atoms with E-state index in [1.807, 2.05) is 22.5 Å². The van der Waals surface area contributed by atoms with Crippen molar-refractivity contribution in [1.82, 2.24) is 5.06 Å². The SMILES string of the molecule is CCc1ccc(C2=CC(N)ON2C(C)CC)s1. The molecule has 0 aromatic carbocycles. The zero-order chi connectivity index (χ0) is 12.4. The first-order chi connectivity index (χ1) is 8.15. The van der Waals surface area contributed by atoms with Crippen LogP contribution in [0.3, 0.4) is 0 Å². The highest BCUT2D eigenvalue weighted by molar-refractivity contribution is 7.13. The second kappa shape index (κ2) is 5.21. The summed E-state index contributed by atoms with van der Waals surface area (Å²) < 4.78 is 0. The smallest absolute Gasteiger partial charge is 0.155 e. The van der Waals surface area contributed by atoms with E-state index < -0.39 is 0 Å². The van der Waals surface area contributed by atoms with Crippen LogP contribution in [0.4, 0.5) is 0 Å². The van der Waals surface area contributed by atoms with Crippen LogP contribution in [0.1, 0.15) is 36.9 Å². The minimum atomic E-state index is -0.314. The predicted octanol–water partition coefficient (Wildman–Crippen LogP) is 2.98. The van der Waals surface area contributed by atoms with E-state index in [9.17, 15) is 0 Å². The first kappa shape index (κ1) is 12.6. The van der Waals surface area contributed by atoms with Crippen molar-refractivity contribution in [1.29, 1.82) is 0 Å². The Kier molecular flexibility index (Phi) is 3.86. The van der Waals surface area contributed by atoms with E-state index in [2.05, 4.69) is 32.9 Å². The summed E-state index contributed by atoms with van der Waals surface area (Å²) in [5.74, 6) is 0. The number of hydrogen-bond donors (Lipinski definition) is 1. The summed E-state index contributed by atoms with van der Waals surface area (Å²) in [5, 5.41) is 1.95. The van der Waals surface area contributed by atoms with Gasteiger partial charge in [0.1, 0.15) is 0 Å². The summed E-state index contributed by atoms with van der Waals surface area (Å²) in [4.78, 5) is 8.29. The maximum atomic E-state index is 5.85. The molecule has 0 spiro atoms. The molecule has 2 N–H and O–H groups in total. The molecule has 0 bridgehead atoms. The van der Waals surface area contributed by atoms with Crippen molar-refractivity contribution < 1.29 is 4.84 Å². The van der Waals surface area contributed by atoms with Gasteiger partial charge in [-0.25, -0.2) is 5.06 Å². The Morgan fingerprint density at radius 1 is 1.47 bits per heavy atom. The normalized spacial score (nSPS) is 21.8. The van der Waals surface area contributed by atoms with Gasteiger partial charge in [0.2, 0.25) is 0 Å². The van der Waals surface area contributed by atoms with Gasteiger partial charge in [0.15, 0.2) is 6.23 Å². The highest BCUT2D eigenvalue weighted by Gasteiger charge is 2.27. The third-order valence-corrected chi connectivity index (χ3v) is 4.30. The van der Waals surface area contributed by atoms with E-state index in [4.69, 9.17) is 10.6 Å². The Hall–Kier alpha value is -0.840. The van der Waals surface area contributed by atoms with Crippen LogP contribution in [0, 0.1) is 0 Å². The summed E-state index contributed by atoms with van der Waals surface area (Å²) in [7, 11) is 0. The molecular formula is C13H20N2OS. The van der Waals surface area contributed by atoms with Crippen molar-refractivity contribution in [3.63, 3.8) is 0 Å². The van der Waals surface area contributed by atoms with Gasteiger partial charge in [0, 0.05) is 4.88 Å². The molecule has 0 fully saturated rings. The number of rotatable bonds is 4. The molecule has 0 amide bonds. The van der Waals surface area contributed by atoms with E-state index in [-0.39, 0.29) is 6.23 Å². The Labute approximate surface area is 107 Å². The quantitative estimate of drug-likeness (QED) is 0.895. The first-order valence-electron chi connectivity index (χ1n) is 6.18. The van der Waals surface area contributed by atoms with Crippen LogP contribution in [0.15, 0.2) is 18.2 Å². The Balaban J connectivity index is 2.25. The number of aryl methyl sites for hydroxylation is 1. The van der Waals surface area contributed by atoms with Crippen molar-refractivity contribution in [3.8, 4) is 0 Å². The van der Waals surface area contributed by atoms with Gasteiger partial charge in [0.25, 0.3) is 0 Å². The molecule has 1 aliphatic rings. The van der Waals surface area contributed by atoms with E-state index in [0.717, 1.165) is 18.5 Å². The molecule has 2 unspecified atom stereocenters. The van der Waals surface area contributed by atoms with Gasteiger partial charge < -0.3 is 5.73 Å². The number of nitrogens with zero attached hydrogens (tertiary/aromatic N) is 1. The van der Waals surface area contributed by atoms with Crippen LogP contribution < -0.4 is 5.73 Å². The second-order valence-electron chi connectivity index (χ2n) is 4.32. The second-order valence-corrected chi connectivity index (χ2v) is 5.49. The summed E-state index contributed by atoms with van der Waals surface area (Å²) in [6, 6.07) is 4.69. The molecule has 1 aromatic rings. The lowest BCUT2D eigenvalue weighted by molar-refractivity contribution is -0.142. The molecule has 0 saturated heterocycles. The van der Waals surface area contributed by atoms with Crippen molar-refractivity contribution in [3.05, 3.63) is 28.0 Å². The zero-order valence-corrected chi connectivity index (χ0v) is 11.5.